The van der Waals surface area contributed by atoms with Crippen molar-refractivity contribution in [3.05, 3.63) is 42.0 Å². The number of amides is 1. The molecule has 3 rings (SSSR count). The van der Waals surface area contributed by atoms with Crippen molar-refractivity contribution in [3.63, 3.8) is 0 Å². The summed E-state index contributed by atoms with van der Waals surface area (Å²) in [5, 5.41) is 11.6. The smallest absolute Gasteiger partial charge is 0.254 e. The van der Waals surface area contributed by atoms with Crippen LogP contribution in [0.2, 0.25) is 0 Å². The molecule has 0 atom stereocenters. The molecule has 1 aromatic heterocycles. The van der Waals surface area contributed by atoms with Gasteiger partial charge in [-0.2, -0.15) is 0 Å². The van der Waals surface area contributed by atoms with Crippen LogP contribution in [0.15, 0.2) is 36.4 Å². The summed E-state index contributed by atoms with van der Waals surface area (Å²) in [7, 11) is 3.95. The summed E-state index contributed by atoms with van der Waals surface area (Å²) in [6, 6.07) is 11.7. The molecule has 1 amide bonds. The van der Waals surface area contributed by atoms with Crippen LogP contribution in [0, 0.1) is 0 Å². The number of benzene rings is 1. The molecule has 1 saturated heterocycles. The maximum atomic E-state index is 12.8. The molecule has 2 heterocycles. The van der Waals surface area contributed by atoms with Crippen LogP contribution in [0.5, 0.6) is 0 Å². The zero-order valence-corrected chi connectivity index (χ0v) is 15.6. The minimum Gasteiger partial charge on any atom is -0.378 e. The average Bonchev–Trinajstić information content (AvgIpc) is 2.68. The third kappa shape index (κ3) is 4.04. The second-order valence-corrected chi connectivity index (χ2v) is 6.53. The summed E-state index contributed by atoms with van der Waals surface area (Å²) in [6.45, 7) is 5.73. The summed E-state index contributed by atoms with van der Waals surface area (Å²) in [4.78, 5) is 18.9. The highest BCUT2D eigenvalue weighted by atomic mass is 16.2. The fourth-order valence-corrected chi connectivity index (χ4v) is 3.01. The number of hydrogen-bond acceptors (Lipinski definition) is 6. The number of rotatable bonds is 5. The lowest BCUT2D eigenvalue weighted by Crippen LogP contribution is -2.49. The van der Waals surface area contributed by atoms with Gasteiger partial charge in [0, 0.05) is 58.1 Å². The van der Waals surface area contributed by atoms with Crippen LogP contribution in [-0.4, -0.2) is 67.8 Å². The van der Waals surface area contributed by atoms with Gasteiger partial charge in [0.15, 0.2) is 5.82 Å². The molecule has 1 aliphatic heterocycles. The highest BCUT2D eigenvalue weighted by Crippen LogP contribution is 2.18. The first-order valence-electron chi connectivity index (χ1n) is 8.97. The van der Waals surface area contributed by atoms with Gasteiger partial charge in [-0.3, -0.25) is 4.79 Å². The van der Waals surface area contributed by atoms with Gasteiger partial charge in [0.2, 0.25) is 0 Å². The Morgan fingerprint density at radius 2 is 1.88 bits per heavy atom. The second kappa shape index (κ2) is 8.03. The Bertz CT molecular complexity index is 738. The summed E-state index contributed by atoms with van der Waals surface area (Å²) < 4.78 is 0. The first kappa shape index (κ1) is 18.0. The molecule has 2 aromatic rings. The molecule has 0 saturated carbocycles. The van der Waals surface area contributed by atoms with Crippen LogP contribution < -0.4 is 15.1 Å². The Balaban J connectivity index is 1.61. The van der Waals surface area contributed by atoms with Crippen molar-refractivity contribution >= 4 is 23.2 Å². The summed E-state index contributed by atoms with van der Waals surface area (Å²) in [6.07, 6.45) is 0. The van der Waals surface area contributed by atoms with Crippen LogP contribution in [-0.2, 0) is 0 Å². The standard InChI is InChI=1S/C19H26N6O/c1-4-20-17-8-9-18(22-21-17)24-10-12-25(13-11-24)19(26)15-6-5-7-16(14-15)23(2)3/h5-9,14H,4,10-13H2,1-3H3,(H,20,21). The minimum atomic E-state index is 0.0851. The van der Waals surface area contributed by atoms with E-state index in [1.807, 2.05) is 67.2 Å². The molecular formula is C19H26N6O. The van der Waals surface area contributed by atoms with E-state index < -0.39 is 0 Å². The molecule has 1 N–H and O–H groups in total. The SMILES string of the molecule is CCNc1ccc(N2CCN(C(=O)c3cccc(N(C)C)c3)CC2)nn1. The summed E-state index contributed by atoms with van der Waals surface area (Å²) >= 11 is 0. The van der Waals surface area contributed by atoms with E-state index in [9.17, 15) is 4.79 Å². The highest BCUT2D eigenvalue weighted by Gasteiger charge is 2.23. The van der Waals surface area contributed by atoms with E-state index in [1.165, 1.54) is 0 Å². The fourth-order valence-electron chi connectivity index (χ4n) is 3.01. The third-order valence-electron chi connectivity index (χ3n) is 4.51. The number of piperazine rings is 1. The monoisotopic (exact) mass is 354 g/mol. The van der Waals surface area contributed by atoms with E-state index in [-0.39, 0.29) is 5.91 Å². The van der Waals surface area contributed by atoms with Crippen LogP contribution in [0.25, 0.3) is 0 Å². The van der Waals surface area contributed by atoms with Gasteiger partial charge in [-0.1, -0.05) is 6.07 Å². The summed E-state index contributed by atoms with van der Waals surface area (Å²) in [5.74, 6) is 1.72. The number of hydrogen-bond donors (Lipinski definition) is 1. The molecule has 0 radical (unpaired) electrons. The van der Waals surface area contributed by atoms with Gasteiger partial charge in [-0.25, -0.2) is 0 Å². The lowest BCUT2D eigenvalue weighted by Gasteiger charge is -2.35. The molecule has 0 spiro atoms. The minimum absolute atomic E-state index is 0.0851. The van der Waals surface area contributed by atoms with Crippen molar-refractivity contribution in [1.82, 2.24) is 15.1 Å². The predicted octanol–water partition coefficient (Wildman–Crippen LogP) is 1.94. The highest BCUT2D eigenvalue weighted by molar-refractivity contribution is 5.95. The van der Waals surface area contributed by atoms with Gasteiger partial charge in [0.1, 0.15) is 5.82 Å². The number of carbonyl (C=O) groups excluding carboxylic acids is 1. The largest absolute Gasteiger partial charge is 0.378 e. The third-order valence-corrected chi connectivity index (χ3v) is 4.51. The fraction of sp³-hybridized carbons (Fsp3) is 0.421. The van der Waals surface area contributed by atoms with Crippen LogP contribution in [0.3, 0.4) is 0 Å². The Morgan fingerprint density at radius 3 is 2.50 bits per heavy atom. The maximum Gasteiger partial charge on any atom is 0.254 e. The van der Waals surface area contributed by atoms with E-state index in [2.05, 4.69) is 20.4 Å². The molecule has 7 nitrogen and oxygen atoms in total. The topological polar surface area (TPSA) is 64.6 Å². The summed E-state index contributed by atoms with van der Waals surface area (Å²) in [5.41, 5.74) is 1.77. The van der Waals surface area contributed by atoms with Crippen molar-refractivity contribution in [3.8, 4) is 0 Å². The van der Waals surface area contributed by atoms with E-state index in [4.69, 9.17) is 0 Å². The lowest BCUT2D eigenvalue weighted by molar-refractivity contribution is 0.0746. The Hall–Kier alpha value is -2.83. The molecular weight excluding hydrogens is 328 g/mol. The van der Waals surface area contributed by atoms with Gasteiger partial charge in [0.25, 0.3) is 5.91 Å². The predicted molar refractivity (Wildman–Crippen MR) is 105 cm³/mol. The molecule has 1 fully saturated rings. The zero-order chi connectivity index (χ0) is 18.5. The first-order chi connectivity index (χ1) is 12.6. The van der Waals surface area contributed by atoms with E-state index in [0.29, 0.717) is 13.1 Å². The maximum absolute atomic E-state index is 12.8. The van der Waals surface area contributed by atoms with E-state index in [1.54, 1.807) is 0 Å². The Morgan fingerprint density at radius 1 is 1.12 bits per heavy atom. The van der Waals surface area contributed by atoms with Gasteiger partial charge in [-0.05, 0) is 37.3 Å². The molecule has 26 heavy (non-hydrogen) atoms. The van der Waals surface area contributed by atoms with Gasteiger partial charge >= 0.3 is 0 Å². The van der Waals surface area contributed by atoms with Crippen molar-refractivity contribution in [2.75, 3.05) is 61.9 Å². The Labute approximate surface area is 154 Å². The van der Waals surface area contributed by atoms with Gasteiger partial charge in [-0.15, -0.1) is 10.2 Å². The van der Waals surface area contributed by atoms with Crippen LogP contribution >= 0.6 is 0 Å². The number of aromatic nitrogens is 2. The second-order valence-electron chi connectivity index (χ2n) is 6.53. The lowest BCUT2D eigenvalue weighted by atomic mass is 10.1. The van der Waals surface area contributed by atoms with Crippen molar-refractivity contribution < 1.29 is 4.79 Å². The van der Waals surface area contributed by atoms with E-state index >= 15 is 0 Å². The van der Waals surface area contributed by atoms with Crippen molar-refractivity contribution in [1.29, 1.82) is 0 Å². The first-order valence-corrected chi connectivity index (χ1v) is 8.97. The van der Waals surface area contributed by atoms with Crippen LogP contribution in [0.4, 0.5) is 17.3 Å². The van der Waals surface area contributed by atoms with Gasteiger partial charge in [0.05, 0.1) is 0 Å². The normalized spacial score (nSPS) is 14.3. The number of carbonyl (C=O) groups is 1. The number of nitrogens with zero attached hydrogens (tertiary/aromatic N) is 5. The molecule has 0 unspecified atom stereocenters. The zero-order valence-electron chi connectivity index (χ0n) is 15.6. The van der Waals surface area contributed by atoms with Crippen LogP contribution in [0.1, 0.15) is 17.3 Å². The van der Waals surface area contributed by atoms with E-state index in [0.717, 1.165) is 42.5 Å². The molecule has 138 valence electrons. The molecule has 0 bridgehead atoms. The van der Waals surface area contributed by atoms with Crippen molar-refractivity contribution in [2.45, 2.75) is 6.92 Å². The molecule has 7 heteroatoms. The quantitative estimate of drug-likeness (QED) is 0.885. The molecule has 1 aromatic carbocycles. The molecule has 1 aliphatic rings. The molecule has 0 aliphatic carbocycles. The Kier molecular flexibility index (Phi) is 5.55. The average molecular weight is 354 g/mol. The van der Waals surface area contributed by atoms with Gasteiger partial charge < -0.3 is 20.0 Å². The number of nitrogens with one attached hydrogen (secondary N) is 1. The number of anilines is 3. The van der Waals surface area contributed by atoms with Crippen molar-refractivity contribution in [2.24, 2.45) is 0 Å².